The third-order valence-corrected chi connectivity index (χ3v) is 4.30. The Hall–Kier alpha value is -2.57. The third-order valence-electron chi connectivity index (χ3n) is 4.30. The van der Waals surface area contributed by atoms with Gasteiger partial charge in [-0.3, -0.25) is 9.69 Å². The molecule has 122 valence electrons. The zero-order valence-electron chi connectivity index (χ0n) is 13.0. The molecule has 0 aromatic heterocycles. The van der Waals surface area contributed by atoms with E-state index in [2.05, 4.69) is 10.6 Å². The SMILES string of the molecule is Cc1ccc(NC(=O)N2CCC(N3C(=O)CNC3=O)CC2)cc1. The number of rotatable bonds is 2. The fourth-order valence-corrected chi connectivity index (χ4v) is 2.97. The zero-order valence-corrected chi connectivity index (χ0v) is 13.0. The Morgan fingerprint density at radius 3 is 2.39 bits per heavy atom. The molecule has 7 heteroatoms. The van der Waals surface area contributed by atoms with Gasteiger partial charge in [0.1, 0.15) is 0 Å². The second-order valence-corrected chi connectivity index (χ2v) is 5.94. The van der Waals surface area contributed by atoms with Gasteiger partial charge in [-0.1, -0.05) is 17.7 Å². The zero-order chi connectivity index (χ0) is 16.4. The molecule has 0 bridgehead atoms. The second kappa shape index (κ2) is 6.28. The molecular formula is C16H20N4O3. The average Bonchev–Trinajstić information content (AvgIpc) is 2.88. The van der Waals surface area contributed by atoms with Gasteiger partial charge in [0.25, 0.3) is 0 Å². The first-order valence-electron chi connectivity index (χ1n) is 7.77. The molecule has 0 unspecified atom stereocenters. The minimum atomic E-state index is -0.322. The first-order chi connectivity index (χ1) is 11.0. The highest BCUT2D eigenvalue weighted by Crippen LogP contribution is 2.20. The molecule has 2 heterocycles. The molecule has 0 radical (unpaired) electrons. The van der Waals surface area contributed by atoms with Crippen LogP contribution < -0.4 is 10.6 Å². The van der Waals surface area contributed by atoms with Crippen LogP contribution in [0.1, 0.15) is 18.4 Å². The van der Waals surface area contributed by atoms with Gasteiger partial charge in [-0.2, -0.15) is 0 Å². The van der Waals surface area contributed by atoms with Gasteiger partial charge in [0.2, 0.25) is 5.91 Å². The summed E-state index contributed by atoms with van der Waals surface area (Å²) in [7, 11) is 0. The summed E-state index contributed by atoms with van der Waals surface area (Å²) in [5, 5.41) is 5.40. The number of anilines is 1. The summed E-state index contributed by atoms with van der Waals surface area (Å²) in [6, 6.07) is 7.04. The lowest BCUT2D eigenvalue weighted by Crippen LogP contribution is -2.49. The van der Waals surface area contributed by atoms with Crippen molar-refractivity contribution < 1.29 is 14.4 Å². The van der Waals surface area contributed by atoms with Crippen LogP contribution in [-0.2, 0) is 4.79 Å². The van der Waals surface area contributed by atoms with Crippen LogP contribution >= 0.6 is 0 Å². The molecule has 0 saturated carbocycles. The van der Waals surface area contributed by atoms with Crippen LogP contribution in [0.2, 0.25) is 0 Å². The Kier molecular flexibility index (Phi) is 4.18. The molecule has 3 rings (SSSR count). The number of nitrogens with one attached hydrogen (secondary N) is 2. The van der Waals surface area contributed by atoms with E-state index < -0.39 is 0 Å². The summed E-state index contributed by atoms with van der Waals surface area (Å²) in [4.78, 5) is 38.7. The number of likely N-dealkylation sites (tertiary alicyclic amines) is 1. The van der Waals surface area contributed by atoms with Gasteiger partial charge >= 0.3 is 12.1 Å². The van der Waals surface area contributed by atoms with E-state index >= 15 is 0 Å². The third kappa shape index (κ3) is 3.28. The summed E-state index contributed by atoms with van der Waals surface area (Å²) in [6.07, 6.45) is 1.22. The molecule has 0 aliphatic carbocycles. The summed E-state index contributed by atoms with van der Waals surface area (Å²) in [6.45, 7) is 3.12. The van der Waals surface area contributed by atoms with Gasteiger partial charge in [0, 0.05) is 24.8 Å². The van der Waals surface area contributed by atoms with Gasteiger partial charge in [-0.25, -0.2) is 9.59 Å². The molecule has 2 fully saturated rings. The van der Waals surface area contributed by atoms with Gasteiger partial charge < -0.3 is 15.5 Å². The highest BCUT2D eigenvalue weighted by molar-refractivity contribution is 6.02. The van der Waals surface area contributed by atoms with Crippen molar-refractivity contribution in [1.29, 1.82) is 0 Å². The number of nitrogens with zero attached hydrogens (tertiary/aromatic N) is 2. The summed E-state index contributed by atoms with van der Waals surface area (Å²) in [5.74, 6) is -0.183. The number of hydrogen-bond acceptors (Lipinski definition) is 3. The first-order valence-corrected chi connectivity index (χ1v) is 7.77. The lowest BCUT2D eigenvalue weighted by atomic mass is 10.0. The predicted octanol–water partition coefficient (Wildman–Crippen LogP) is 1.54. The number of carbonyl (C=O) groups is 3. The maximum atomic E-state index is 12.3. The number of urea groups is 2. The van der Waals surface area contributed by atoms with Crippen LogP contribution in [0.3, 0.4) is 0 Å². The van der Waals surface area contributed by atoms with Crippen molar-refractivity contribution in [3.05, 3.63) is 29.8 Å². The van der Waals surface area contributed by atoms with E-state index in [4.69, 9.17) is 0 Å². The van der Waals surface area contributed by atoms with Gasteiger partial charge in [0.05, 0.1) is 6.54 Å². The van der Waals surface area contributed by atoms with E-state index in [1.807, 2.05) is 31.2 Å². The minimum absolute atomic E-state index is 0.0763. The van der Waals surface area contributed by atoms with Crippen molar-refractivity contribution in [2.45, 2.75) is 25.8 Å². The maximum Gasteiger partial charge on any atom is 0.324 e. The number of carbonyl (C=O) groups excluding carboxylic acids is 3. The van der Waals surface area contributed by atoms with Crippen LogP contribution in [0.4, 0.5) is 15.3 Å². The largest absolute Gasteiger partial charge is 0.329 e. The van der Waals surface area contributed by atoms with Crippen LogP contribution in [-0.4, -0.2) is 53.4 Å². The van der Waals surface area contributed by atoms with Crippen LogP contribution in [0.15, 0.2) is 24.3 Å². The fourth-order valence-electron chi connectivity index (χ4n) is 2.97. The molecule has 0 spiro atoms. The van der Waals surface area contributed by atoms with Crippen LogP contribution in [0.25, 0.3) is 0 Å². The molecule has 2 saturated heterocycles. The Balaban J connectivity index is 1.54. The molecule has 7 nitrogen and oxygen atoms in total. The van der Waals surface area contributed by atoms with Crippen LogP contribution in [0.5, 0.6) is 0 Å². The normalized spacial score (nSPS) is 19.0. The molecule has 5 amide bonds. The molecule has 2 aliphatic rings. The van der Waals surface area contributed by atoms with Crippen molar-refractivity contribution in [2.24, 2.45) is 0 Å². The molecule has 1 aromatic rings. The minimum Gasteiger partial charge on any atom is -0.329 e. The second-order valence-electron chi connectivity index (χ2n) is 5.94. The van der Waals surface area contributed by atoms with E-state index in [0.717, 1.165) is 11.3 Å². The molecule has 1 aromatic carbocycles. The van der Waals surface area contributed by atoms with Gasteiger partial charge in [0.15, 0.2) is 0 Å². The Labute approximate surface area is 134 Å². The van der Waals surface area contributed by atoms with Crippen molar-refractivity contribution in [1.82, 2.24) is 15.1 Å². The number of piperidine rings is 1. The number of imide groups is 1. The van der Waals surface area contributed by atoms with Crippen molar-refractivity contribution >= 4 is 23.7 Å². The van der Waals surface area contributed by atoms with Gasteiger partial charge in [-0.15, -0.1) is 0 Å². The Morgan fingerprint density at radius 1 is 1.17 bits per heavy atom. The Morgan fingerprint density at radius 2 is 1.83 bits per heavy atom. The predicted molar refractivity (Wildman–Crippen MR) is 85.0 cm³/mol. The summed E-state index contributed by atoms with van der Waals surface area (Å²) in [5.41, 5.74) is 1.90. The average molecular weight is 316 g/mol. The lowest BCUT2D eigenvalue weighted by molar-refractivity contribution is -0.127. The smallest absolute Gasteiger partial charge is 0.324 e. The standard InChI is InChI=1S/C16H20N4O3/c1-11-2-4-12(5-3-11)18-16(23)19-8-6-13(7-9-19)20-14(21)10-17-15(20)22/h2-5,13H,6-10H2,1H3,(H,17,22)(H,18,23). The first kappa shape index (κ1) is 15.3. The number of hydrogen-bond donors (Lipinski definition) is 2. The summed E-state index contributed by atoms with van der Waals surface area (Å²) < 4.78 is 0. The van der Waals surface area contributed by atoms with E-state index in [9.17, 15) is 14.4 Å². The lowest BCUT2D eigenvalue weighted by Gasteiger charge is -2.35. The molecule has 2 N–H and O–H groups in total. The molecule has 2 aliphatic heterocycles. The van der Waals surface area contributed by atoms with E-state index in [1.165, 1.54) is 4.90 Å². The maximum absolute atomic E-state index is 12.3. The van der Waals surface area contributed by atoms with E-state index in [1.54, 1.807) is 4.90 Å². The Bertz CT molecular complexity index is 605. The highest BCUT2D eigenvalue weighted by atomic mass is 16.2. The van der Waals surface area contributed by atoms with Crippen LogP contribution in [0, 0.1) is 6.92 Å². The topological polar surface area (TPSA) is 81.8 Å². The molecule has 23 heavy (non-hydrogen) atoms. The number of aryl methyl sites for hydroxylation is 1. The number of benzene rings is 1. The monoisotopic (exact) mass is 316 g/mol. The van der Waals surface area contributed by atoms with Crippen molar-refractivity contribution in [2.75, 3.05) is 25.0 Å². The van der Waals surface area contributed by atoms with E-state index in [0.29, 0.717) is 25.9 Å². The summed E-state index contributed by atoms with van der Waals surface area (Å²) >= 11 is 0. The van der Waals surface area contributed by atoms with Crippen molar-refractivity contribution in [3.63, 3.8) is 0 Å². The molecular weight excluding hydrogens is 296 g/mol. The quantitative estimate of drug-likeness (QED) is 0.812. The van der Waals surface area contributed by atoms with Crippen molar-refractivity contribution in [3.8, 4) is 0 Å². The highest BCUT2D eigenvalue weighted by Gasteiger charge is 2.37. The molecule has 0 atom stereocenters. The van der Waals surface area contributed by atoms with E-state index in [-0.39, 0.29) is 30.6 Å². The van der Waals surface area contributed by atoms with Gasteiger partial charge in [-0.05, 0) is 31.9 Å². The number of amides is 5. The fraction of sp³-hybridized carbons (Fsp3) is 0.438.